The average Bonchev–Trinajstić information content (AvgIpc) is 3.00. The van der Waals surface area contributed by atoms with Crippen molar-refractivity contribution in [2.24, 2.45) is 5.73 Å². The van der Waals surface area contributed by atoms with Crippen LogP contribution in [-0.4, -0.2) is 27.0 Å². The molecule has 0 aliphatic rings. The molecule has 0 atom stereocenters. The van der Waals surface area contributed by atoms with Crippen LogP contribution in [0, 0.1) is 19.7 Å². The van der Waals surface area contributed by atoms with Crippen molar-refractivity contribution >= 4 is 5.95 Å². The van der Waals surface area contributed by atoms with Gasteiger partial charge in [-0.15, -0.1) is 10.2 Å². The number of ether oxygens (including phenoxy) is 1. The number of halogens is 1. The molecule has 3 aromatic rings. The zero-order valence-corrected chi connectivity index (χ0v) is 15.2. The first kappa shape index (κ1) is 18.2. The van der Waals surface area contributed by atoms with Crippen LogP contribution in [0.4, 0.5) is 10.3 Å². The summed E-state index contributed by atoms with van der Waals surface area (Å²) in [6.45, 7) is 7.08. The maximum Gasteiger partial charge on any atom is 0.235 e. The molecule has 3 rings (SSSR count). The number of phenols is 1. The molecule has 0 bridgehead atoms. The predicted octanol–water partition coefficient (Wildman–Crippen LogP) is 3.25. The molecule has 0 saturated heterocycles. The van der Waals surface area contributed by atoms with Crippen LogP contribution in [0.2, 0.25) is 0 Å². The molecule has 0 aliphatic heterocycles. The lowest BCUT2D eigenvalue weighted by molar-refractivity contribution is 0.373. The van der Waals surface area contributed by atoms with E-state index >= 15 is 0 Å². The van der Waals surface area contributed by atoms with Crippen molar-refractivity contribution in [3.63, 3.8) is 0 Å². The summed E-state index contributed by atoms with van der Waals surface area (Å²) in [7, 11) is 1.45. The van der Waals surface area contributed by atoms with E-state index in [-0.39, 0.29) is 29.0 Å². The molecule has 0 aliphatic carbocycles. The SMILES string of the molecule is C=C(N)Nc1nnc(-c2cc(OC)c(O)cc2C)n1-c1cccc(C)c1F. The fraction of sp³-hybridized carbons (Fsp3) is 0.158. The smallest absolute Gasteiger partial charge is 0.235 e. The number of benzene rings is 2. The zero-order valence-electron chi connectivity index (χ0n) is 15.2. The highest BCUT2D eigenvalue weighted by molar-refractivity contribution is 5.69. The molecule has 8 heteroatoms. The Bertz CT molecular complexity index is 1030. The van der Waals surface area contributed by atoms with Gasteiger partial charge in [0.05, 0.1) is 18.6 Å². The molecular weight excluding hydrogens is 349 g/mol. The monoisotopic (exact) mass is 369 g/mol. The van der Waals surface area contributed by atoms with Crippen LogP contribution < -0.4 is 15.8 Å². The first-order valence-electron chi connectivity index (χ1n) is 8.13. The summed E-state index contributed by atoms with van der Waals surface area (Å²) in [6, 6.07) is 8.21. The number of aromatic hydroxyl groups is 1. The number of nitrogens with one attached hydrogen (secondary N) is 1. The largest absolute Gasteiger partial charge is 0.504 e. The molecule has 1 heterocycles. The van der Waals surface area contributed by atoms with Crippen LogP contribution >= 0.6 is 0 Å². The minimum Gasteiger partial charge on any atom is -0.504 e. The third kappa shape index (κ3) is 3.29. The van der Waals surface area contributed by atoms with E-state index in [1.165, 1.54) is 11.7 Å². The number of anilines is 1. The van der Waals surface area contributed by atoms with Crippen molar-refractivity contribution < 1.29 is 14.2 Å². The number of hydrogen-bond acceptors (Lipinski definition) is 6. The third-order valence-corrected chi connectivity index (χ3v) is 4.11. The minimum absolute atomic E-state index is 0.000218. The molecule has 0 saturated carbocycles. The number of phenolic OH excluding ortho intramolecular Hbond substituents is 1. The van der Waals surface area contributed by atoms with Crippen LogP contribution in [0.1, 0.15) is 11.1 Å². The van der Waals surface area contributed by atoms with Crippen molar-refractivity contribution in [1.29, 1.82) is 0 Å². The Kier molecular flexibility index (Phi) is 4.72. The zero-order chi connectivity index (χ0) is 19.7. The molecule has 4 N–H and O–H groups in total. The third-order valence-electron chi connectivity index (χ3n) is 4.11. The van der Waals surface area contributed by atoms with Gasteiger partial charge in [0.15, 0.2) is 17.3 Å². The minimum atomic E-state index is -0.410. The Morgan fingerprint density at radius 2 is 2.00 bits per heavy atom. The maximum atomic E-state index is 14.9. The Balaban J connectivity index is 2.31. The van der Waals surface area contributed by atoms with Gasteiger partial charge in [-0.25, -0.2) is 4.39 Å². The van der Waals surface area contributed by atoms with Gasteiger partial charge in [-0.05, 0) is 43.2 Å². The normalized spacial score (nSPS) is 10.7. The second kappa shape index (κ2) is 6.99. The molecule has 27 heavy (non-hydrogen) atoms. The summed E-state index contributed by atoms with van der Waals surface area (Å²) >= 11 is 0. The number of aryl methyl sites for hydroxylation is 2. The van der Waals surface area contributed by atoms with E-state index in [1.807, 2.05) is 0 Å². The van der Waals surface area contributed by atoms with Gasteiger partial charge in [-0.1, -0.05) is 18.7 Å². The molecule has 7 nitrogen and oxygen atoms in total. The fourth-order valence-electron chi connectivity index (χ4n) is 2.79. The second-order valence-electron chi connectivity index (χ2n) is 6.08. The summed E-state index contributed by atoms with van der Waals surface area (Å²) in [5, 5.41) is 21.1. The lowest BCUT2D eigenvalue weighted by Crippen LogP contribution is -2.13. The van der Waals surface area contributed by atoms with Gasteiger partial charge >= 0.3 is 0 Å². The molecule has 140 valence electrons. The Labute approximate surface area is 155 Å². The summed E-state index contributed by atoms with van der Waals surface area (Å²) in [6.07, 6.45) is 0. The molecule has 2 aromatic carbocycles. The average molecular weight is 369 g/mol. The van der Waals surface area contributed by atoms with Crippen LogP contribution in [0.25, 0.3) is 17.1 Å². The summed E-state index contributed by atoms with van der Waals surface area (Å²) in [4.78, 5) is 0. The molecule has 0 unspecified atom stereocenters. The fourth-order valence-corrected chi connectivity index (χ4v) is 2.79. The van der Waals surface area contributed by atoms with Gasteiger partial charge in [0.25, 0.3) is 0 Å². The molecule has 0 radical (unpaired) electrons. The predicted molar refractivity (Wildman–Crippen MR) is 101 cm³/mol. The maximum absolute atomic E-state index is 14.9. The number of nitrogens with two attached hydrogens (primary N) is 1. The van der Waals surface area contributed by atoms with Gasteiger partial charge in [-0.3, -0.25) is 4.57 Å². The summed E-state index contributed by atoms with van der Waals surface area (Å²) in [5.41, 5.74) is 7.72. The van der Waals surface area contributed by atoms with E-state index in [0.29, 0.717) is 22.5 Å². The lowest BCUT2D eigenvalue weighted by atomic mass is 10.1. The van der Waals surface area contributed by atoms with E-state index < -0.39 is 5.82 Å². The summed E-state index contributed by atoms with van der Waals surface area (Å²) < 4.78 is 21.6. The van der Waals surface area contributed by atoms with E-state index in [9.17, 15) is 9.50 Å². The van der Waals surface area contributed by atoms with E-state index in [4.69, 9.17) is 10.5 Å². The van der Waals surface area contributed by atoms with Crippen LogP contribution in [0.5, 0.6) is 11.5 Å². The highest BCUT2D eigenvalue weighted by atomic mass is 19.1. The molecule has 0 spiro atoms. The van der Waals surface area contributed by atoms with Crippen molar-refractivity contribution in [3.05, 3.63) is 59.7 Å². The van der Waals surface area contributed by atoms with Gasteiger partial charge in [0, 0.05) is 5.56 Å². The first-order chi connectivity index (χ1) is 12.8. The van der Waals surface area contributed by atoms with Crippen molar-refractivity contribution in [2.45, 2.75) is 13.8 Å². The second-order valence-corrected chi connectivity index (χ2v) is 6.08. The summed E-state index contributed by atoms with van der Waals surface area (Å²) in [5.74, 6) is 0.580. The standard InChI is InChI=1S/C19H20FN5O2/c1-10-6-5-7-14(17(10)20)25-18(23-24-19(25)22-12(3)21)13-9-16(27-4)15(26)8-11(13)2/h5-9,26H,3,21H2,1-2,4H3,(H,22,24). The van der Waals surface area contributed by atoms with Crippen molar-refractivity contribution in [2.75, 3.05) is 12.4 Å². The van der Waals surface area contributed by atoms with Gasteiger partial charge in [0.1, 0.15) is 5.82 Å². The van der Waals surface area contributed by atoms with E-state index in [2.05, 4.69) is 22.1 Å². The van der Waals surface area contributed by atoms with Crippen LogP contribution in [-0.2, 0) is 0 Å². The topological polar surface area (TPSA) is 98.2 Å². The first-order valence-corrected chi connectivity index (χ1v) is 8.13. The highest BCUT2D eigenvalue weighted by Gasteiger charge is 2.21. The number of hydrogen-bond donors (Lipinski definition) is 3. The lowest BCUT2D eigenvalue weighted by Gasteiger charge is -2.15. The molecule has 1 aromatic heterocycles. The Morgan fingerprint density at radius 1 is 1.26 bits per heavy atom. The van der Waals surface area contributed by atoms with Gasteiger partial charge in [-0.2, -0.15) is 0 Å². The molecular formula is C19H20FN5O2. The quantitative estimate of drug-likeness (QED) is 0.639. The van der Waals surface area contributed by atoms with Gasteiger partial charge in [0.2, 0.25) is 5.95 Å². The van der Waals surface area contributed by atoms with Crippen LogP contribution in [0.3, 0.4) is 0 Å². The number of nitrogens with zero attached hydrogens (tertiary/aromatic N) is 3. The van der Waals surface area contributed by atoms with Crippen molar-refractivity contribution in [3.8, 4) is 28.6 Å². The van der Waals surface area contributed by atoms with E-state index in [1.54, 1.807) is 44.2 Å². The Morgan fingerprint density at radius 3 is 2.67 bits per heavy atom. The number of aromatic nitrogens is 3. The highest BCUT2D eigenvalue weighted by Crippen LogP contribution is 2.36. The Hall–Kier alpha value is -3.55. The number of rotatable bonds is 5. The molecule has 0 fully saturated rings. The van der Waals surface area contributed by atoms with E-state index in [0.717, 1.165) is 0 Å². The molecule has 0 amide bonds. The van der Waals surface area contributed by atoms with Crippen LogP contribution in [0.15, 0.2) is 42.7 Å². The number of methoxy groups -OCH3 is 1. The van der Waals surface area contributed by atoms with Crippen molar-refractivity contribution in [1.82, 2.24) is 14.8 Å². The van der Waals surface area contributed by atoms with Gasteiger partial charge < -0.3 is 20.9 Å².